The van der Waals surface area contributed by atoms with E-state index in [4.69, 9.17) is 0 Å². The van der Waals surface area contributed by atoms with Gasteiger partial charge in [0.05, 0.1) is 5.69 Å². The highest BCUT2D eigenvalue weighted by Gasteiger charge is 2.08. The van der Waals surface area contributed by atoms with Gasteiger partial charge in [0.1, 0.15) is 0 Å². The van der Waals surface area contributed by atoms with Crippen molar-refractivity contribution in [2.75, 3.05) is 37.7 Å². The van der Waals surface area contributed by atoms with Crippen molar-refractivity contribution in [1.29, 1.82) is 0 Å². The van der Waals surface area contributed by atoms with Gasteiger partial charge in [0, 0.05) is 50.4 Å². The molecule has 3 nitrogen and oxygen atoms in total. The molecule has 1 aliphatic heterocycles. The Morgan fingerprint density at radius 1 is 1.35 bits per heavy atom. The van der Waals surface area contributed by atoms with Crippen LogP contribution in [0.5, 0.6) is 0 Å². The standard InChI is InChI=1S/C13H21N3S/c1-12-2-3-13(15-10-12)11-14-4-5-16-6-8-17-9-7-16/h2-3,10,14H,4-9,11H2,1H3. The van der Waals surface area contributed by atoms with Gasteiger partial charge < -0.3 is 10.2 Å². The largest absolute Gasteiger partial charge is 0.310 e. The van der Waals surface area contributed by atoms with Crippen molar-refractivity contribution in [2.24, 2.45) is 0 Å². The first-order valence-corrected chi connectivity index (χ1v) is 7.42. The van der Waals surface area contributed by atoms with Crippen LogP contribution in [0.15, 0.2) is 18.3 Å². The van der Waals surface area contributed by atoms with E-state index in [1.165, 1.54) is 30.2 Å². The van der Waals surface area contributed by atoms with E-state index in [9.17, 15) is 0 Å². The summed E-state index contributed by atoms with van der Waals surface area (Å²) in [5.41, 5.74) is 2.35. The molecule has 0 radical (unpaired) electrons. The van der Waals surface area contributed by atoms with Gasteiger partial charge in [0.2, 0.25) is 0 Å². The molecule has 0 saturated carbocycles. The normalized spacial score (nSPS) is 17.2. The zero-order valence-corrected chi connectivity index (χ0v) is 11.3. The average molecular weight is 251 g/mol. The molecular formula is C13H21N3S. The Bertz CT molecular complexity index is 320. The fourth-order valence-electron chi connectivity index (χ4n) is 1.88. The highest BCUT2D eigenvalue weighted by molar-refractivity contribution is 7.99. The molecule has 1 saturated heterocycles. The quantitative estimate of drug-likeness (QED) is 0.803. The van der Waals surface area contributed by atoms with E-state index in [1.54, 1.807) is 0 Å². The van der Waals surface area contributed by atoms with E-state index < -0.39 is 0 Å². The lowest BCUT2D eigenvalue weighted by Gasteiger charge is -2.26. The molecule has 1 aromatic rings. The molecule has 0 atom stereocenters. The van der Waals surface area contributed by atoms with Crippen molar-refractivity contribution >= 4 is 11.8 Å². The molecular weight excluding hydrogens is 230 g/mol. The van der Waals surface area contributed by atoms with Gasteiger partial charge in [0.15, 0.2) is 0 Å². The summed E-state index contributed by atoms with van der Waals surface area (Å²) in [5.74, 6) is 2.58. The van der Waals surface area contributed by atoms with Gasteiger partial charge >= 0.3 is 0 Å². The van der Waals surface area contributed by atoms with Gasteiger partial charge in [-0.15, -0.1) is 0 Å². The summed E-state index contributed by atoms with van der Waals surface area (Å²) in [6.45, 7) is 7.65. The van der Waals surface area contributed by atoms with Gasteiger partial charge in [-0.2, -0.15) is 11.8 Å². The summed E-state index contributed by atoms with van der Waals surface area (Å²) in [5, 5.41) is 3.46. The summed E-state index contributed by atoms with van der Waals surface area (Å²) in [4.78, 5) is 6.92. The second kappa shape index (κ2) is 6.99. The zero-order chi connectivity index (χ0) is 11.9. The average Bonchev–Trinajstić information content (AvgIpc) is 2.38. The van der Waals surface area contributed by atoms with E-state index in [-0.39, 0.29) is 0 Å². The summed E-state index contributed by atoms with van der Waals surface area (Å²) < 4.78 is 0. The first kappa shape index (κ1) is 12.9. The van der Waals surface area contributed by atoms with Crippen molar-refractivity contribution in [3.05, 3.63) is 29.6 Å². The topological polar surface area (TPSA) is 28.2 Å². The van der Waals surface area contributed by atoms with Crippen molar-refractivity contribution in [3.63, 3.8) is 0 Å². The molecule has 1 aromatic heterocycles. The molecule has 0 aromatic carbocycles. The van der Waals surface area contributed by atoms with Crippen LogP contribution in [-0.2, 0) is 6.54 Å². The minimum atomic E-state index is 0.878. The van der Waals surface area contributed by atoms with Gasteiger partial charge in [-0.1, -0.05) is 6.07 Å². The Morgan fingerprint density at radius 2 is 2.18 bits per heavy atom. The maximum atomic E-state index is 4.38. The maximum Gasteiger partial charge on any atom is 0.0541 e. The Morgan fingerprint density at radius 3 is 2.88 bits per heavy atom. The third-order valence-corrected chi connectivity index (χ3v) is 3.93. The van der Waals surface area contributed by atoms with Gasteiger partial charge in [0.25, 0.3) is 0 Å². The Labute approximate surface area is 108 Å². The SMILES string of the molecule is Cc1ccc(CNCCN2CCSCC2)nc1. The first-order valence-electron chi connectivity index (χ1n) is 6.27. The lowest BCUT2D eigenvalue weighted by molar-refractivity contribution is 0.301. The number of hydrogen-bond donors (Lipinski definition) is 1. The Kier molecular flexibility index (Phi) is 5.29. The van der Waals surface area contributed by atoms with Crippen LogP contribution in [0.25, 0.3) is 0 Å². The number of nitrogens with zero attached hydrogens (tertiary/aromatic N) is 2. The van der Waals surface area contributed by atoms with Crippen molar-refractivity contribution in [3.8, 4) is 0 Å². The molecule has 2 heterocycles. The number of hydrogen-bond acceptors (Lipinski definition) is 4. The van der Waals surface area contributed by atoms with Crippen LogP contribution < -0.4 is 5.32 Å². The molecule has 4 heteroatoms. The molecule has 2 rings (SSSR count). The third-order valence-electron chi connectivity index (χ3n) is 2.99. The van der Waals surface area contributed by atoms with Crippen LogP contribution in [0.3, 0.4) is 0 Å². The van der Waals surface area contributed by atoms with E-state index in [2.05, 4.69) is 46.0 Å². The summed E-state index contributed by atoms with van der Waals surface area (Å²) >= 11 is 2.06. The van der Waals surface area contributed by atoms with Crippen LogP contribution in [0.1, 0.15) is 11.3 Å². The van der Waals surface area contributed by atoms with Gasteiger partial charge in [-0.25, -0.2) is 0 Å². The van der Waals surface area contributed by atoms with Gasteiger partial charge in [-0.3, -0.25) is 4.98 Å². The minimum Gasteiger partial charge on any atom is -0.310 e. The fraction of sp³-hybridized carbons (Fsp3) is 0.615. The monoisotopic (exact) mass is 251 g/mol. The predicted molar refractivity (Wildman–Crippen MR) is 74.4 cm³/mol. The highest BCUT2D eigenvalue weighted by Crippen LogP contribution is 2.07. The molecule has 94 valence electrons. The second-order valence-electron chi connectivity index (χ2n) is 4.46. The lowest BCUT2D eigenvalue weighted by atomic mass is 10.3. The van der Waals surface area contributed by atoms with Crippen molar-refractivity contribution < 1.29 is 0 Å². The summed E-state index contributed by atoms with van der Waals surface area (Å²) in [6.07, 6.45) is 1.93. The Balaban J connectivity index is 1.60. The first-order chi connectivity index (χ1) is 8.34. The second-order valence-corrected chi connectivity index (χ2v) is 5.68. The zero-order valence-electron chi connectivity index (χ0n) is 10.5. The van der Waals surface area contributed by atoms with Crippen LogP contribution in [0.4, 0.5) is 0 Å². The highest BCUT2D eigenvalue weighted by atomic mass is 32.2. The molecule has 17 heavy (non-hydrogen) atoms. The van der Waals surface area contributed by atoms with Crippen LogP contribution in [0, 0.1) is 6.92 Å². The molecule has 1 aliphatic rings. The number of aromatic nitrogens is 1. The van der Waals surface area contributed by atoms with Crippen molar-refractivity contribution in [1.82, 2.24) is 15.2 Å². The molecule has 1 N–H and O–H groups in total. The number of nitrogens with one attached hydrogen (secondary N) is 1. The number of rotatable bonds is 5. The fourth-order valence-corrected chi connectivity index (χ4v) is 2.86. The van der Waals surface area contributed by atoms with Crippen LogP contribution in [0.2, 0.25) is 0 Å². The molecule has 0 unspecified atom stereocenters. The van der Waals surface area contributed by atoms with Crippen molar-refractivity contribution in [2.45, 2.75) is 13.5 Å². The summed E-state index contributed by atoms with van der Waals surface area (Å²) in [7, 11) is 0. The van der Waals surface area contributed by atoms with E-state index in [0.717, 1.165) is 25.3 Å². The van der Waals surface area contributed by atoms with E-state index >= 15 is 0 Å². The lowest BCUT2D eigenvalue weighted by Crippen LogP contribution is -2.37. The molecule has 0 amide bonds. The van der Waals surface area contributed by atoms with Gasteiger partial charge in [-0.05, 0) is 18.6 Å². The molecule has 0 bridgehead atoms. The Hall–Kier alpha value is -0.580. The van der Waals surface area contributed by atoms with Crippen LogP contribution in [-0.4, -0.2) is 47.6 Å². The van der Waals surface area contributed by atoms with E-state index in [0.29, 0.717) is 0 Å². The van der Waals surface area contributed by atoms with E-state index in [1.807, 2.05) is 6.20 Å². The molecule has 0 aliphatic carbocycles. The summed E-state index contributed by atoms with van der Waals surface area (Å²) in [6, 6.07) is 4.21. The third kappa shape index (κ3) is 4.66. The molecule has 1 fully saturated rings. The predicted octanol–water partition coefficient (Wildman–Crippen LogP) is 1.53. The minimum absolute atomic E-state index is 0.878. The molecule has 0 spiro atoms. The smallest absolute Gasteiger partial charge is 0.0541 e. The van der Waals surface area contributed by atoms with Crippen LogP contribution >= 0.6 is 11.8 Å². The maximum absolute atomic E-state index is 4.38. The number of pyridine rings is 1. The number of thioether (sulfide) groups is 1. The number of aryl methyl sites for hydroxylation is 1.